The number of esters is 4. The third-order valence-corrected chi connectivity index (χ3v) is 20.0. The Hall–Kier alpha value is -4.69. The van der Waals surface area contributed by atoms with Crippen molar-refractivity contribution in [3.63, 3.8) is 0 Å². The predicted molar refractivity (Wildman–Crippen MR) is 431 cm³/mol. The standard InChI is InChI=1S/C87H162N4O16/c1-6-10-14-18-22-26-30-34-38-42-46-54-83(96)104-69-64-90(65-70-105-84(97)55-47-43-39-35-31-27-23-19-15-11-7-2)81(94)60-58-79(92)77-78(87(100)89-63-52-68-102-75-76-103-74-73-101-5)53-50-51-62-88-80(93)59-61-82(95)91(66-71-106-85(98)56-48-44-40-36-32-28-24-20-16-12-8-3)67-72-107-86(99)57-49-45-41-37-33-29-25-21-17-13-9-4/h78H,6-77H2,1-5H3,(H,88,93)(H,89,100)/t78-/m1/s1. The summed E-state index contributed by atoms with van der Waals surface area (Å²) in [6.07, 6.45) is 54.0. The molecule has 0 saturated carbocycles. The van der Waals surface area contributed by atoms with Crippen LogP contribution < -0.4 is 10.6 Å². The summed E-state index contributed by atoms with van der Waals surface area (Å²) in [6, 6.07) is 0. The van der Waals surface area contributed by atoms with Crippen molar-refractivity contribution in [2.24, 2.45) is 5.92 Å². The van der Waals surface area contributed by atoms with Crippen LogP contribution in [0.25, 0.3) is 0 Å². The van der Waals surface area contributed by atoms with E-state index in [-0.39, 0.29) is 145 Å². The Morgan fingerprint density at radius 3 is 0.897 bits per heavy atom. The second kappa shape index (κ2) is 80.8. The first-order valence-corrected chi connectivity index (χ1v) is 44.2. The maximum absolute atomic E-state index is 13.9. The van der Waals surface area contributed by atoms with E-state index in [0.29, 0.717) is 90.9 Å². The van der Waals surface area contributed by atoms with Crippen molar-refractivity contribution in [1.29, 1.82) is 0 Å². The Kier molecular flexibility index (Phi) is 77.3. The molecule has 0 fully saturated rings. The molecule has 0 aromatic carbocycles. The van der Waals surface area contributed by atoms with Gasteiger partial charge >= 0.3 is 23.9 Å². The summed E-state index contributed by atoms with van der Waals surface area (Å²) >= 11 is 0. The molecule has 0 aromatic heterocycles. The molecule has 0 aliphatic rings. The van der Waals surface area contributed by atoms with E-state index in [4.69, 9.17) is 33.2 Å². The number of nitrogens with zero attached hydrogens (tertiary/aromatic N) is 2. The Labute approximate surface area is 652 Å². The van der Waals surface area contributed by atoms with Gasteiger partial charge in [-0.25, -0.2) is 0 Å². The Bertz CT molecular complexity index is 2030. The minimum atomic E-state index is -0.713. The number of rotatable bonds is 84. The van der Waals surface area contributed by atoms with Gasteiger partial charge in [-0.2, -0.15) is 0 Å². The summed E-state index contributed by atoms with van der Waals surface area (Å²) in [5.74, 6) is -3.58. The van der Waals surface area contributed by atoms with Crippen LogP contribution in [0.5, 0.6) is 0 Å². The quantitative estimate of drug-likeness (QED) is 0.0326. The second-order valence-electron chi connectivity index (χ2n) is 29.9. The Morgan fingerprint density at radius 2 is 0.570 bits per heavy atom. The smallest absolute Gasteiger partial charge is 0.305 e. The zero-order valence-corrected chi connectivity index (χ0v) is 69.4. The SMILES string of the molecule is CCCCCCCCCCCCCC(=O)OCCN(CCOC(=O)CCCCCCCCCCCCC)C(=O)CCC(=O)C[C@@H](CCCCNC(=O)CCC(=O)N(CCOC(=O)CCCCCCCCCCCCC)CCOC(=O)CCCCCCCCCCCCC)C(=O)NCCCOCCOCCOC. The van der Waals surface area contributed by atoms with Gasteiger partial charge in [0, 0.05) is 90.5 Å². The van der Waals surface area contributed by atoms with Crippen LogP contribution in [0.2, 0.25) is 0 Å². The third kappa shape index (κ3) is 72.6. The highest BCUT2D eigenvalue weighted by Gasteiger charge is 2.24. The highest BCUT2D eigenvalue weighted by molar-refractivity contribution is 5.89. The van der Waals surface area contributed by atoms with E-state index in [1.165, 1.54) is 202 Å². The molecule has 0 bridgehead atoms. The van der Waals surface area contributed by atoms with Gasteiger partial charge in [0.05, 0.1) is 52.6 Å². The topological polar surface area (TPSA) is 249 Å². The van der Waals surface area contributed by atoms with Crippen molar-refractivity contribution < 1.29 is 76.3 Å². The lowest BCUT2D eigenvalue weighted by Gasteiger charge is -2.23. The highest BCUT2D eigenvalue weighted by atomic mass is 16.6. The molecule has 0 unspecified atom stereocenters. The average Bonchev–Trinajstić information content (AvgIpc) is 0.976. The number of nitrogens with one attached hydrogen (secondary N) is 2. The van der Waals surface area contributed by atoms with Crippen LogP contribution in [-0.4, -0.2) is 169 Å². The van der Waals surface area contributed by atoms with Gasteiger partial charge in [-0.05, 0) is 44.9 Å². The normalized spacial score (nSPS) is 11.5. The Balaban J connectivity index is 5.72. The van der Waals surface area contributed by atoms with E-state index in [1.54, 1.807) is 7.11 Å². The predicted octanol–water partition coefficient (Wildman–Crippen LogP) is 19.2. The first-order chi connectivity index (χ1) is 52.3. The van der Waals surface area contributed by atoms with Crippen LogP contribution in [0.3, 0.4) is 0 Å². The summed E-state index contributed by atoms with van der Waals surface area (Å²) < 4.78 is 38.5. The number of amides is 4. The van der Waals surface area contributed by atoms with E-state index >= 15 is 0 Å². The van der Waals surface area contributed by atoms with Crippen LogP contribution in [0.15, 0.2) is 0 Å². The zero-order chi connectivity index (χ0) is 78.2. The first-order valence-electron chi connectivity index (χ1n) is 44.2. The van der Waals surface area contributed by atoms with E-state index in [9.17, 15) is 43.2 Å². The number of carbonyl (C=O) groups excluding carboxylic acids is 9. The van der Waals surface area contributed by atoms with Crippen molar-refractivity contribution in [2.45, 2.75) is 394 Å². The maximum Gasteiger partial charge on any atom is 0.305 e. The largest absolute Gasteiger partial charge is 0.464 e. The fourth-order valence-corrected chi connectivity index (χ4v) is 13.1. The van der Waals surface area contributed by atoms with Gasteiger partial charge in [-0.1, -0.05) is 291 Å². The molecule has 20 nitrogen and oxygen atoms in total. The molecule has 626 valence electrons. The van der Waals surface area contributed by atoms with Gasteiger partial charge in [0.2, 0.25) is 23.6 Å². The van der Waals surface area contributed by atoms with Gasteiger partial charge in [-0.15, -0.1) is 0 Å². The highest BCUT2D eigenvalue weighted by Crippen LogP contribution is 2.20. The molecule has 4 amide bonds. The number of ether oxygens (including phenoxy) is 7. The molecule has 20 heteroatoms. The minimum Gasteiger partial charge on any atom is -0.464 e. The van der Waals surface area contributed by atoms with Crippen molar-refractivity contribution in [1.82, 2.24) is 20.4 Å². The fourth-order valence-electron chi connectivity index (χ4n) is 13.1. The average molecular weight is 1520 g/mol. The molecule has 0 spiro atoms. The van der Waals surface area contributed by atoms with Crippen molar-refractivity contribution in [3.05, 3.63) is 0 Å². The molecule has 0 radical (unpaired) electrons. The number of unbranched alkanes of at least 4 members (excludes halogenated alkanes) is 41. The molecule has 1 atom stereocenters. The number of hydrogen-bond donors (Lipinski definition) is 2. The van der Waals surface area contributed by atoms with Gasteiger partial charge in [0.25, 0.3) is 0 Å². The second-order valence-corrected chi connectivity index (χ2v) is 29.9. The number of Topliss-reactive ketones (excluding diaryl/α,β-unsaturated/α-hetero) is 1. The number of ketones is 1. The van der Waals surface area contributed by atoms with E-state index in [1.807, 2.05) is 0 Å². The van der Waals surface area contributed by atoms with Crippen molar-refractivity contribution >= 4 is 53.3 Å². The minimum absolute atomic E-state index is 0.0118. The van der Waals surface area contributed by atoms with Crippen LogP contribution in [0, 0.1) is 5.92 Å². The van der Waals surface area contributed by atoms with Crippen LogP contribution in [0.4, 0.5) is 0 Å². The van der Waals surface area contributed by atoms with Gasteiger partial charge < -0.3 is 53.6 Å². The molecule has 0 heterocycles. The zero-order valence-electron chi connectivity index (χ0n) is 69.4. The molecule has 0 saturated heterocycles. The lowest BCUT2D eigenvalue weighted by Crippen LogP contribution is -2.38. The molecule has 0 aromatic rings. The monoisotopic (exact) mass is 1520 g/mol. The number of hydrogen-bond acceptors (Lipinski definition) is 16. The lowest BCUT2D eigenvalue weighted by atomic mass is 9.93. The third-order valence-electron chi connectivity index (χ3n) is 20.0. The number of methoxy groups -OCH3 is 1. The van der Waals surface area contributed by atoms with Gasteiger partial charge in [0.15, 0.2) is 0 Å². The van der Waals surface area contributed by atoms with Gasteiger partial charge in [0.1, 0.15) is 32.2 Å². The summed E-state index contributed by atoms with van der Waals surface area (Å²) in [7, 11) is 1.61. The molecular formula is C87H162N4O16. The fraction of sp³-hybridized carbons (Fsp3) is 0.897. The maximum atomic E-state index is 13.9. The lowest BCUT2D eigenvalue weighted by molar-refractivity contribution is -0.148. The van der Waals surface area contributed by atoms with Crippen LogP contribution in [0.1, 0.15) is 394 Å². The van der Waals surface area contributed by atoms with E-state index in [2.05, 4.69) is 38.3 Å². The molecule has 0 aliphatic carbocycles. The van der Waals surface area contributed by atoms with Crippen molar-refractivity contribution in [3.8, 4) is 0 Å². The number of carbonyl (C=O) groups is 9. The molecule has 2 N–H and O–H groups in total. The van der Waals surface area contributed by atoms with Gasteiger partial charge in [-0.3, -0.25) is 43.2 Å². The molecule has 0 aliphatic heterocycles. The first kappa shape index (κ1) is 102. The Morgan fingerprint density at radius 1 is 0.280 bits per heavy atom. The van der Waals surface area contributed by atoms with Crippen LogP contribution in [-0.2, 0) is 76.3 Å². The molecular weight excluding hydrogens is 1360 g/mol. The van der Waals surface area contributed by atoms with E-state index < -0.39 is 5.92 Å². The summed E-state index contributed by atoms with van der Waals surface area (Å²) in [5, 5.41) is 5.86. The summed E-state index contributed by atoms with van der Waals surface area (Å²) in [4.78, 5) is 123. The van der Waals surface area contributed by atoms with Crippen LogP contribution >= 0.6 is 0 Å². The van der Waals surface area contributed by atoms with Crippen molar-refractivity contribution in [2.75, 3.05) is 106 Å². The molecule has 0 rings (SSSR count). The summed E-state index contributed by atoms with van der Waals surface area (Å²) in [5.41, 5.74) is 0. The summed E-state index contributed by atoms with van der Waals surface area (Å²) in [6.45, 7) is 11.9. The molecule has 107 heavy (non-hydrogen) atoms. The van der Waals surface area contributed by atoms with E-state index in [0.717, 1.165) is 89.9 Å².